The van der Waals surface area contributed by atoms with E-state index < -0.39 is 0 Å². The number of aromatic nitrogens is 3. The summed E-state index contributed by atoms with van der Waals surface area (Å²) >= 11 is 0. The molecule has 4 heteroatoms. The van der Waals surface area contributed by atoms with E-state index in [1.54, 1.807) is 0 Å². The number of benzene rings is 1. The van der Waals surface area contributed by atoms with Crippen molar-refractivity contribution in [2.75, 3.05) is 0 Å². The molecule has 0 aliphatic carbocycles. The molecule has 2 heterocycles. The number of hydrogen-bond donors (Lipinski definition) is 0. The van der Waals surface area contributed by atoms with Crippen molar-refractivity contribution in [2.24, 2.45) is 21.1 Å². The van der Waals surface area contributed by atoms with Gasteiger partial charge >= 0.3 is 0 Å². The van der Waals surface area contributed by atoms with Gasteiger partial charge in [-0.15, -0.1) is 0 Å². The van der Waals surface area contributed by atoms with Gasteiger partial charge in [0.2, 0.25) is 0 Å². The molecule has 0 aliphatic rings. The number of fused-ring (bicyclic) bond motifs is 1. The van der Waals surface area contributed by atoms with Crippen LogP contribution in [0.5, 0.6) is 0 Å². The standard InChI is InChI=1S/C16H18N3.HI/c1-17-10-11-18(2)16(17)9-8-14-12-13-6-4-5-7-15(13)19(14)3;/h4-12H,1-3H3;1H/q+1;/p-1. The lowest BCUT2D eigenvalue weighted by molar-refractivity contribution is -0.672. The monoisotopic (exact) mass is 379 g/mol. The third kappa shape index (κ3) is 2.52. The first-order valence-electron chi connectivity index (χ1n) is 6.40. The van der Waals surface area contributed by atoms with Crippen LogP contribution >= 0.6 is 0 Å². The van der Waals surface area contributed by atoms with Gasteiger partial charge in [-0.05, 0) is 18.2 Å². The highest BCUT2D eigenvalue weighted by atomic mass is 127. The van der Waals surface area contributed by atoms with Crippen molar-refractivity contribution in [1.82, 2.24) is 9.13 Å². The van der Waals surface area contributed by atoms with Crippen LogP contribution in [0.4, 0.5) is 0 Å². The van der Waals surface area contributed by atoms with E-state index in [1.165, 1.54) is 22.4 Å². The molecule has 0 bridgehead atoms. The molecular weight excluding hydrogens is 361 g/mol. The maximum Gasteiger partial charge on any atom is 0.281 e. The normalized spacial score (nSPS) is 11.2. The van der Waals surface area contributed by atoms with Crippen molar-refractivity contribution in [3.63, 3.8) is 0 Å². The molecule has 0 unspecified atom stereocenters. The SMILES string of the molecule is Cn1cc[n+](C)c1/C=C/c1cc2ccccc2n1C.[I-]. The lowest BCUT2D eigenvalue weighted by atomic mass is 10.2. The first kappa shape index (κ1) is 14.8. The fourth-order valence-corrected chi connectivity index (χ4v) is 2.47. The topological polar surface area (TPSA) is 13.7 Å². The van der Waals surface area contributed by atoms with Gasteiger partial charge in [-0.25, -0.2) is 9.13 Å². The van der Waals surface area contributed by atoms with Gasteiger partial charge in [0.1, 0.15) is 12.4 Å². The first-order chi connectivity index (χ1) is 9.16. The van der Waals surface area contributed by atoms with Gasteiger partial charge in [-0.2, -0.15) is 0 Å². The highest BCUT2D eigenvalue weighted by Crippen LogP contribution is 2.19. The fraction of sp³-hybridized carbons (Fsp3) is 0.188. The van der Waals surface area contributed by atoms with Crippen molar-refractivity contribution in [3.05, 3.63) is 54.2 Å². The van der Waals surface area contributed by atoms with Gasteiger partial charge < -0.3 is 28.5 Å². The Hall–Kier alpha value is -1.56. The third-order valence-electron chi connectivity index (χ3n) is 3.63. The van der Waals surface area contributed by atoms with Crippen molar-refractivity contribution in [3.8, 4) is 0 Å². The zero-order valence-corrected chi connectivity index (χ0v) is 14.1. The molecule has 0 aliphatic heterocycles. The summed E-state index contributed by atoms with van der Waals surface area (Å²) in [6, 6.07) is 10.7. The van der Waals surface area contributed by atoms with Gasteiger partial charge in [0, 0.05) is 29.7 Å². The quantitative estimate of drug-likeness (QED) is 0.422. The van der Waals surface area contributed by atoms with Crippen LogP contribution in [0.3, 0.4) is 0 Å². The molecule has 0 amide bonds. The van der Waals surface area contributed by atoms with Crippen LogP contribution in [-0.4, -0.2) is 9.13 Å². The molecular formula is C16H18IN3. The molecule has 20 heavy (non-hydrogen) atoms. The Morgan fingerprint density at radius 2 is 1.85 bits per heavy atom. The number of imidazole rings is 1. The molecule has 0 atom stereocenters. The maximum absolute atomic E-state index is 2.22. The predicted octanol–water partition coefficient (Wildman–Crippen LogP) is -0.484. The Kier molecular flexibility index (Phi) is 4.32. The average molecular weight is 379 g/mol. The Morgan fingerprint density at radius 1 is 1.10 bits per heavy atom. The molecule has 2 aromatic heterocycles. The van der Waals surface area contributed by atoms with E-state index in [4.69, 9.17) is 0 Å². The summed E-state index contributed by atoms with van der Waals surface area (Å²) in [6.45, 7) is 0. The van der Waals surface area contributed by atoms with Crippen LogP contribution in [-0.2, 0) is 21.1 Å². The highest BCUT2D eigenvalue weighted by Gasteiger charge is 2.07. The summed E-state index contributed by atoms with van der Waals surface area (Å²) in [5.41, 5.74) is 2.47. The number of hydrogen-bond acceptors (Lipinski definition) is 0. The van der Waals surface area contributed by atoms with Crippen molar-refractivity contribution in [2.45, 2.75) is 0 Å². The first-order valence-corrected chi connectivity index (χ1v) is 6.40. The van der Waals surface area contributed by atoms with Gasteiger partial charge in [-0.1, -0.05) is 18.2 Å². The number of para-hydroxylation sites is 1. The molecule has 1 aromatic carbocycles. The summed E-state index contributed by atoms with van der Waals surface area (Å²) in [5, 5.41) is 1.28. The number of aryl methyl sites for hydroxylation is 3. The van der Waals surface area contributed by atoms with E-state index in [-0.39, 0.29) is 24.0 Å². The van der Waals surface area contributed by atoms with Crippen molar-refractivity contribution < 1.29 is 28.5 Å². The van der Waals surface area contributed by atoms with Gasteiger partial charge in [0.05, 0.1) is 14.1 Å². The van der Waals surface area contributed by atoms with Crippen LogP contribution in [0.25, 0.3) is 23.1 Å². The van der Waals surface area contributed by atoms with Crippen molar-refractivity contribution in [1.29, 1.82) is 0 Å². The second-order valence-electron chi connectivity index (χ2n) is 4.90. The maximum atomic E-state index is 2.22. The zero-order chi connectivity index (χ0) is 13.4. The average Bonchev–Trinajstić information content (AvgIpc) is 2.90. The minimum atomic E-state index is 0. The van der Waals surface area contributed by atoms with Crippen LogP contribution < -0.4 is 28.5 Å². The Labute approximate surface area is 136 Å². The second-order valence-corrected chi connectivity index (χ2v) is 4.90. The second kappa shape index (κ2) is 5.83. The summed E-state index contributed by atoms with van der Waals surface area (Å²) in [7, 11) is 6.22. The molecule has 3 rings (SSSR count). The molecule has 0 spiro atoms. The molecule has 0 N–H and O–H groups in total. The lowest BCUT2D eigenvalue weighted by Crippen LogP contribution is -3.00. The summed E-state index contributed by atoms with van der Waals surface area (Å²) in [4.78, 5) is 0. The van der Waals surface area contributed by atoms with E-state index in [9.17, 15) is 0 Å². The van der Waals surface area contributed by atoms with Crippen LogP contribution in [0, 0.1) is 0 Å². The van der Waals surface area contributed by atoms with Crippen LogP contribution in [0.1, 0.15) is 11.5 Å². The number of nitrogens with zero attached hydrogens (tertiary/aromatic N) is 3. The Balaban J connectivity index is 0.00000147. The van der Waals surface area contributed by atoms with E-state index in [0.717, 1.165) is 0 Å². The summed E-state index contributed by atoms with van der Waals surface area (Å²) < 4.78 is 6.44. The minimum Gasteiger partial charge on any atom is -1.00 e. The number of rotatable bonds is 2. The van der Waals surface area contributed by atoms with Gasteiger partial charge in [-0.3, -0.25) is 0 Å². The zero-order valence-electron chi connectivity index (χ0n) is 11.9. The third-order valence-corrected chi connectivity index (χ3v) is 3.63. The smallest absolute Gasteiger partial charge is 0.281 e. The Bertz CT molecular complexity index is 746. The van der Waals surface area contributed by atoms with E-state index in [1.807, 2.05) is 0 Å². The number of halogens is 1. The van der Waals surface area contributed by atoms with E-state index in [0.29, 0.717) is 0 Å². The molecule has 3 aromatic rings. The molecule has 0 saturated heterocycles. The highest BCUT2D eigenvalue weighted by molar-refractivity contribution is 5.84. The molecule has 0 radical (unpaired) electrons. The van der Waals surface area contributed by atoms with E-state index >= 15 is 0 Å². The molecule has 0 saturated carbocycles. The Morgan fingerprint density at radius 3 is 2.50 bits per heavy atom. The summed E-state index contributed by atoms with van der Waals surface area (Å²) in [6.07, 6.45) is 8.42. The fourth-order valence-electron chi connectivity index (χ4n) is 2.47. The largest absolute Gasteiger partial charge is 1.00 e. The van der Waals surface area contributed by atoms with Gasteiger partial charge in [0.25, 0.3) is 5.82 Å². The molecule has 0 fully saturated rings. The molecule has 104 valence electrons. The van der Waals surface area contributed by atoms with Crippen LogP contribution in [0.2, 0.25) is 0 Å². The lowest BCUT2D eigenvalue weighted by Gasteiger charge is -1.98. The van der Waals surface area contributed by atoms with Crippen LogP contribution in [0.15, 0.2) is 42.7 Å². The van der Waals surface area contributed by atoms with Gasteiger partial charge in [0.15, 0.2) is 0 Å². The summed E-state index contributed by atoms with van der Waals surface area (Å²) in [5.74, 6) is 1.17. The molecule has 3 nitrogen and oxygen atoms in total. The predicted molar refractivity (Wildman–Crippen MR) is 78.4 cm³/mol. The minimum absolute atomic E-state index is 0. The van der Waals surface area contributed by atoms with Crippen molar-refractivity contribution >= 4 is 23.1 Å². The van der Waals surface area contributed by atoms with E-state index in [2.05, 4.69) is 89.7 Å².